The summed E-state index contributed by atoms with van der Waals surface area (Å²) >= 11 is 0. The highest BCUT2D eigenvalue weighted by molar-refractivity contribution is 5.90. The van der Waals surface area contributed by atoms with E-state index in [4.69, 9.17) is 27.1 Å². The maximum absolute atomic E-state index is 12.5. The molecule has 0 radical (unpaired) electrons. The van der Waals surface area contributed by atoms with Gasteiger partial charge < -0.3 is 32.5 Å². The van der Waals surface area contributed by atoms with Crippen molar-refractivity contribution in [3.05, 3.63) is 10.1 Å². The molecular formula is C15H22F6N8O7. The molecule has 1 heterocycles. The molecule has 3 amide bonds. The summed E-state index contributed by atoms with van der Waals surface area (Å²) in [5.74, 6) is -7.07. The first-order valence-corrected chi connectivity index (χ1v) is 9.51. The number of carboxylic acids is 1. The Bertz CT molecular complexity index is 866. The Morgan fingerprint density at radius 2 is 1.67 bits per heavy atom. The zero-order chi connectivity index (χ0) is 28.4. The van der Waals surface area contributed by atoms with E-state index in [2.05, 4.69) is 4.99 Å². The van der Waals surface area contributed by atoms with Gasteiger partial charge >= 0.3 is 24.2 Å². The highest BCUT2D eigenvalue weighted by atomic mass is 19.4. The topological polar surface area (TPSA) is 249 Å². The largest absolute Gasteiger partial charge is 0.490 e. The van der Waals surface area contributed by atoms with Crippen molar-refractivity contribution in [3.8, 4) is 0 Å². The number of nitro groups is 1. The third kappa shape index (κ3) is 11.5. The van der Waals surface area contributed by atoms with Gasteiger partial charge in [0.05, 0.1) is 6.04 Å². The third-order valence-electron chi connectivity index (χ3n) is 4.23. The van der Waals surface area contributed by atoms with Gasteiger partial charge in [0.15, 0.2) is 5.03 Å². The molecular weight excluding hydrogens is 518 g/mol. The molecule has 0 bridgehead atoms. The predicted molar refractivity (Wildman–Crippen MR) is 105 cm³/mol. The van der Waals surface area contributed by atoms with Crippen molar-refractivity contribution in [2.75, 3.05) is 13.1 Å². The van der Waals surface area contributed by atoms with Gasteiger partial charge in [0.1, 0.15) is 6.04 Å². The van der Waals surface area contributed by atoms with E-state index in [1.807, 2.05) is 0 Å². The fraction of sp³-hybridized carbons (Fsp3) is 0.667. The standard InChI is InChI=1S/C13H21F3N8O5.C2HF3O2/c14-13(15,16)11(27)21-6-4-8(9(18)25)23(5-6)10(26)7(17)2-1-3-20-12(19)22-24(28)29;3-2(4,5)1(6)7/h6-8H,1-5,17H2,(H2,18,25)(H,21,27)(H3,19,20,22);(H,6,7)/t6-,7-,8+;/m0./s1. The van der Waals surface area contributed by atoms with Crippen LogP contribution < -0.4 is 27.9 Å². The quantitative estimate of drug-likeness (QED) is 0.0491. The minimum Gasteiger partial charge on any atom is -0.475 e. The highest BCUT2D eigenvalue weighted by Crippen LogP contribution is 2.22. The summed E-state index contributed by atoms with van der Waals surface area (Å²) in [6, 6.07) is -3.46. The number of carbonyl (C=O) groups excluding carboxylic acids is 3. The molecule has 1 fully saturated rings. The van der Waals surface area contributed by atoms with Crippen LogP contribution in [0.3, 0.4) is 0 Å². The minimum atomic E-state index is -5.11. The highest BCUT2D eigenvalue weighted by Gasteiger charge is 2.45. The molecule has 9 N–H and O–H groups in total. The van der Waals surface area contributed by atoms with Crippen LogP contribution in [0, 0.1) is 10.1 Å². The van der Waals surface area contributed by atoms with Crippen LogP contribution in [0.1, 0.15) is 19.3 Å². The van der Waals surface area contributed by atoms with Crippen LogP contribution in [-0.4, -0.2) is 88.3 Å². The van der Waals surface area contributed by atoms with Gasteiger partial charge in [-0.3, -0.25) is 14.4 Å². The van der Waals surface area contributed by atoms with Gasteiger partial charge in [0, 0.05) is 19.1 Å². The van der Waals surface area contributed by atoms with Crippen molar-refractivity contribution in [1.82, 2.24) is 15.6 Å². The summed E-state index contributed by atoms with van der Waals surface area (Å²) < 4.78 is 68.9. The lowest BCUT2D eigenvalue weighted by Gasteiger charge is -2.25. The number of aliphatic carboxylic acids is 1. The molecule has 0 saturated carbocycles. The number of hydrogen-bond acceptors (Lipinski definition) is 8. The molecule has 0 aromatic heterocycles. The molecule has 0 aromatic rings. The van der Waals surface area contributed by atoms with Crippen LogP contribution in [0.25, 0.3) is 0 Å². The van der Waals surface area contributed by atoms with Crippen LogP contribution >= 0.6 is 0 Å². The minimum absolute atomic E-state index is 0.0111. The zero-order valence-electron chi connectivity index (χ0n) is 18.0. The molecule has 21 heteroatoms. The number of carbonyl (C=O) groups is 4. The summed E-state index contributed by atoms with van der Waals surface area (Å²) in [5, 5.41) is 18.1. The number of hydrogen-bond donors (Lipinski definition) is 6. The maximum atomic E-state index is 12.5. The average Bonchev–Trinajstić information content (AvgIpc) is 3.13. The van der Waals surface area contributed by atoms with Gasteiger partial charge in [-0.05, 0) is 19.3 Å². The summed E-state index contributed by atoms with van der Waals surface area (Å²) in [5.41, 5.74) is 17.8. The Labute approximate surface area is 197 Å². The molecule has 1 rings (SSSR count). The Kier molecular flexibility index (Phi) is 11.8. The van der Waals surface area contributed by atoms with Crippen molar-refractivity contribution in [3.63, 3.8) is 0 Å². The van der Waals surface area contributed by atoms with Crippen LogP contribution in [-0.2, 0) is 19.2 Å². The van der Waals surface area contributed by atoms with E-state index < -0.39 is 65.2 Å². The van der Waals surface area contributed by atoms with E-state index in [1.54, 1.807) is 10.7 Å². The molecule has 206 valence electrons. The molecule has 3 atom stereocenters. The number of guanidine groups is 1. The van der Waals surface area contributed by atoms with E-state index in [-0.39, 0.29) is 32.4 Å². The van der Waals surface area contributed by atoms with Crippen molar-refractivity contribution in [2.24, 2.45) is 22.2 Å². The number of hydrazine groups is 1. The first-order chi connectivity index (χ1) is 16.3. The SMILES string of the molecule is NC(=O)[C@H]1C[C@H](NC(=O)C(F)(F)F)CN1C(=O)[C@@H](N)CCCN=C(N)N[N+](=O)[O-].O=C(O)C(F)(F)F. The van der Waals surface area contributed by atoms with E-state index in [1.165, 1.54) is 0 Å². The molecule has 0 aliphatic carbocycles. The van der Waals surface area contributed by atoms with Crippen LogP contribution in [0.15, 0.2) is 4.99 Å². The number of halogens is 6. The van der Waals surface area contributed by atoms with Gasteiger partial charge in [0.25, 0.3) is 5.96 Å². The van der Waals surface area contributed by atoms with Crippen LogP contribution in [0.5, 0.6) is 0 Å². The number of nitrogens with zero attached hydrogens (tertiary/aromatic N) is 3. The fourth-order valence-corrected chi connectivity index (χ4v) is 2.70. The number of amides is 3. The summed E-state index contributed by atoms with van der Waals surface area (Å²) in [7, 11) is 0. The van der Waals surface area contributed by atoms with Crippen molar-refractivity contribution in [1.29, 1.82) is 0 Å². The Balaban J connectivity index is 0.00000152. The fourth-order valence-electron chi connectivity index (χ4n) is 2.70. The smallest absolute Gasteiger partial charge is 0.475 e. The monoisotopic (exact) mass is 540 g/mol. The van der Waals surface area contributed by atoms with Gasteiger partial charge in [-0.2, -0.15) is 26.3 Å². The molecule has 1 aliphatic rings. The number of rotatable bonds is 8. The second kappa shape index (κ2) is 13.3. The lowest BCUT2D eigenvalue weighted by Crippen LogP contribution is -2.50. The number of carboxylic acid groups (broad SMARTS) is 1. The summed E-state index contributed by atoms with van der Waals surface area (Å²) in [6.07, 6.45) is -10.2. The number of primary amides is 1. The van der Waals surface area contributed by atoms with Crippen molar-refractivity contribution in [2.45, 2.75) is 49.7 Å². The van der Waals surface area contributed by atoms with Crippen molar-refractivity contribution >= 4 is 29.7 Å². The van der Waals surface area contributed by atoms with E-state index in [9.17, 15) is 50.8 Å². The van der Waals surface area contributed by atoms with E-state index >= 15 is 0 Å². The first kappa shape index (κ1) is 32.1. The molecule has 0 unspecified atom stereocenters. The summed E-state index contributed by atoms with van der Waals surface area (Å²) in [4.78, 5) is 58.7. The number of nitrogens with two attached hydrogens (primary N) is 3. The Hall–Kier alpha value is -3.91. The first-order valence-electron chi connectivity index (χ1n) is 9.51. The lowest BCUT2D eigenvalue weighted by molar-refractivity contribution is -0.525. The molecule has 36 heavy (non-hydrogen) atoms. The van der Waals surface area contributed by atoms with Gasteiger partial charge in [-0.1, -0.05) is 5.43 Å². The number of nitrogens with one attached hydrogen (secondary N) is 2. The second-order valence-corrected chi connectivity index (χ2v) is 7.00. The van der Waals surface area contributed by atoms with Crippen LogP contribution in [0.4, 0.5) is 26.3 Å². The molecule has 0 spiro atoms. The molecule has 1 saturated heterocycles. The van der Waals surface area contributed by atoms with Crippen LogP contribution in [0.2, 0.25) is 0 Å². The Morgan fingerprint density at radius 1 is 1.14 bits per heavy atom. The molecule has 15 nitrogen and oxygen atoms in total. The molecule has 1 aliphatic heterocycles. The maximum Gasteiger partial charge on any atom is 0.490 e. The van der Waals surface area contributed by atoms with E-state index in [0.717, 1.165) is 4.90 Å². The Morgan fingerprint density at radius 3 is 2.08 bits per heavy atom. The van der Waals surface area contributed by atoms with Gasteiger partial charge in [0.2, 0.25) is 11.8 Å². The van der Waals surface area contributed by atoms with Gasteiger partial charge in [-0.15, -0.1) is 0 Å². The second-order valence-electron chi connectivity index (χ2n) is 7.00. The third-order valence-corrected chi connectivity index (χ3v) is 4.23. The van der Waals surface area contributed by atoms with Gasteiger partial charge in [-0.25, -0.2) is 19.9 Å². The molecule has 0 aromatic carbocycles. The summed E-state index contributed by atoms with van der Waals surface area (Å²) in [6.45, 7) is -0.350. The predicted octanol–water partition coefficient (Wildman–Crippen LogP) is -2.04. The zero-order valence-corrected chi connectivity index (χ0v) is 18.0. The number of likely N-dealkylation sites (tertiary alicyclic amines) is 1. The van der Waals surface area contributed by atoms with Crippen molar-refractivity contribution < 1.29 is 55.7 Å². The van der Waals surface area contributed by atoms with E-state index in [0.29, 0.717) is 0 Å². The normalized spacial score (nSPS) is 19.0. The average molecular weight is 540 g/mol. The number of alkyl halides is 6. The lowest BCUT2D eigenvalue weighted by atomic mass is 10.1. The number of aliphatic imine (C=N–C) groups is 1.